The molecule has 6 nitrogen and oxygen atoms in total. The number of hydrogen-bond acceptors (Lipinski definition) is 4. The third kappa shape index (κ3) is 3.77. The standard InChI is InChI=1S/C21H28N4O2/c1-17-8-11-22-25(17)15-14-23-12-9-21(10-13-23)16-24(20(26)18(2)27-21)19-6-4-3-5-7-19/h3-8,11,18H,9-10,12-16H2,1-2H3. The first-order chi connectivity index (χ1) is 13.1. The SMILES string of the molecule is Cc1ccnn1CCN1CCC2(CC1)CN(c1ccccc1)C(=O)C(C)O2. The third-order valence-electron chi connectivity index (χ3n) is 5.88. The second-order valence-electron chi connectivity index (χ2n) is 7.74. The number of aryl methyl sites for hydroxylation is 1. The molecule has 0 saturated carbocycles. The van der Waals surface area contributed by atoms with Crippen LogP contribution in [0.25, 0.3) is 0 Å². The van der Waals surface area contributed by atoms with E-state index in [1.54, 1.807) is 0 Å². The number of carbonyl (C=O) groups is 1. The number of benzene rings is 1. The Morgan fingerprint density at radius 3 is 2.56 bits per heavy atom. The van der Waals surface area contributed by atoms with Gasteiger partial charge < -0.3 is 14.5 Å². The third-order valence-corrected chi connectivity index (χ3v) is 5.88. The summed E-state index contributed by atoms with van der Waals surface area (Å²) in [6, 6.07) is 12.0. The maximum Gasteiger partial charge on any atom is 0.255 e. The van der Waals surface area contributed by atoms with Gasteiger partial charge in [0.2, 0.25) is 0 Å². The van der Waals surface area contributed by atoms with Gasteiger partial charge in [-0.25, -0.2) is 0 Å². The summed E-state index contributed by atoms with van der Waals surface area (Å²) < 4.78 is 8.32. The van der Waals surface area contributed by atoms with Crippen LogP contribution in [0.4, 0.5) is 5.69 Å². The number of ether oxygens (including phenoxy) is 1. The number of rotatable bonds is 4. The number of aromatic nitrogens is 2. The second-order valence-corrected chi connectivity index (χ2v) is 7.74. The van der Waals surface area contributed by atoms with Crippen molar-refractivity contribution in [2.75, 3.05) is 31.1 Å². The van der Waals surface area contributed by atoms with Crippen LogP contribution >= 0.6 is 0 Å². The molecule has 2 aliphatic heterocycles. The predicted octanol–water partition coefficient (Wildman–Crippen LogP) is 2.48. The van der Waals surface area contributed by atoms with E-state index in [2.05, 4.69) is 21.6 Å². The number of amides is 1. The van der Waals surface area contributed by atoms with Crippen molar-refractivity contribution in [1.29, 1.82) is 0 Å². The van der Waals surface area contributed by atoms with Gasteiger partial charge in [-0.2, -0.15) is 5.10 Å². The summed E-state index contributed by atoms with van der Waals surface area (Å²) in [5.41, 5.74) is 1.93. The van der Waals surface area contributed by atoms with Crippen molar-refractivity contribution < 1.29 is 9.53 Å². The molecular formula is C21H28N4O2. The molecule has 0 aliphatic carbocycles. The van der Waals surface area contributed by atoms with Crippen LogP contribution in [0.2, 0.25) is 0 Å². The molecular weight excluding hydrogens is 340 g/mol. The minimum atomic E-state index is -0.391. The van der Waals surface area contributed by atoms with Crippen LogP contribution in [0.3, 0.4) is 0 Å². The summed E-state index contributed by atoms with van der Waals surface area (Å²) in [5, 5.41) is 4.37. The van der Waals surface area contributed by atoms with Crippen molar-refractivity contribution in [2.24, 2.45) is 0 Å². The molecule has 0 radical (unpaired) electrons. The zero-order chi connectivity index (χ0) is 18.9. The topological polar surface area (TPSA) is 50.6 Å². The van der Waals surface area contributed by atoms with Gasteiger partial charge in [-0.1, -0.05) is 18.2 Å². The summed E-state index contributed by atoms with van der Waals surface area (Å²) in [5.74, 6) is 0.0587. The van der Waals surface area contributed by atoms with E-state index in [0.29, 0.717) is 6.54 Å². The molecule has 4 rings (SSSR count). The Hall–Kier alpha value is -2.18. The Morgan fingerprint density at radius 1 is 1.15 bits per heavy atom. The molecule has 1 aromatic carbocycles. The highest BCUT2D eigenvalue weighted by molar-refractivity contribution is 5.97. The normalized spacial score (nSPS) is 23.1. The lowest BCUT2D eigenvalue weighted by atomic mass is 9.88. The van der Waals surface area contributed by atoms with Crippen LogP contribution in [-0.2, 0) is 16.1 Å². The van der Waals surface area contributed by atoms with Crippen LogP contribution in [0.15, 0.2) is 42.6 Å². The second kappa shape index (κ2) is 7.44. The van der Waals surface area contributed by atoms with Crippen molar-refractivity contribution in [1.82, 2.24) is 14.7 Å². The van der Waals surface area contributed by atoms with E-state index in [1.165, 1.54) is 5.69 Å². The smallest absolute Gasteiger partial charge is 0.255 e. The van der Waals surface area contributed by atoms with Gasteiger partial charge in [0.05, 0.1) is 18.7 Å². The Balaban J connectivity index is 1.39. The van der Waals surface area contributed by atoms with Crippen LogP contribution < -0.4 is 4.90 Å². The quantitative estimate of drug-likeness (QED) is 0.832. The average Bonchev–Trinajstić information content (AvgIpc) is 3.10. The number of anilines is 1. The highest BCUT2D eigenvalue weighted by Gasteiger charge is 2.45. The average molecular weight is 368 g/mol. The first kappa shape index (κ1) is 18.2. The lowest BCUT2D eigenvalue weighted by molar-refractivity contribution is -0.161. The highest BCUT2D eigenvalue weighted by Crippen LogP contribution is 2.34. The minimum Gasteiger partial charge on any atom is -0.360 e. The molecule has 6 heteroatoms. The number of para-hydroxylation sites is 1. The molecule has 2 fully saturated rings. The first-order valence-corrected chi connectivity index (χ1v) is 9.81. The summed E-state index contributed by atoms with van der Waals surface area (Å²) in [7, 11) is 0. The summed E-state index contributed by atoms with van der Waals surface area (Å²) in [6.07, 6.45) is 3.36. The number of nitrogens with zero attached hydrogens (tertiary/aromatic N) is 4. The predicted molar refractivity (Wildman–Crippen MR) is 105 cm³/mol. The zero-order valence-corrected chi connectivity index (χ0v) is 16.2. The monoisotopic (exact) mass is 368 g/mol. The fourth-order valence-electron chi connectivity index (χ4n) is 4.20. The van der Waals surface area contributed by atoms with Crippen molar-refractivity contribution in [3.8, 4) is 0 Å². The summed E-state index contributed by atoms with van der Waals surface area (Å²) >= 11 is 0. The molecule has 2 aromatic rings. The van der Waals surface area contributed by atoms with Crippen LogP contribution in [-0.4, -0.2) is 58.5 Å². The molecule has 27 heavy (non-hydrogen) atoms. The lowest BCUT2D eigenvalue weighted by Gasteiger charge is -2.49. The lowest BCUT2D eigenvalue weighted by Crippen LogP contribution is -2.61. The minimum absolute atomic E-state index is 0.0587. The molecule has 1 spiro atoms. The molecule has 1 aromatic heterocycles. The molecule has 2 aliphatic rings. The molecule has 2 saturated heterocycles. The van der Waals surface area contributed by atoms with Crippen molar-refractivity contribution in [3.63, 3.8) is 0 Å². The number of piperidine rings is 1. The maximum absolute atomic E-state index is 12.7. The van der Waals surface area contributed by atoms with E-state index in [-0.39, 0.29) is 11.5 Å². The first-order valence-electron chi connectivity index (χ1n) is 9.81. The van der Waals surface area contributed by atoms with E-state index in [1.807, 2.05) is 54.4 Å². The Morgan fingerprint density at radius 2 is 1.89 bits per heavy atom. The summed E-state index contributed by atoms with van der Waals surface area (Å²) in [6.45, 7) is 8.50. The van der Waals surface area contributed by atoms with Gasteiger partial charge >= 0.3 is 0 Å². The number of hydrogen-bond donors (Lipinski definition) is 0. The molecule has 1 unspecified atom stereocenters. The van der Waals surface area contributed by atoms with Crippen LogP contribution in [0.1, 0.15) is 25.5 Å². The number of morpholine rings is 1. The van der Waals surface area contributed by atoms with E-state index >= 15 is 0 Å². The Bertz CT molecular complexity index is 780. The van der Waals surface area contributed by atoms with Gasteiger partial charge in [0.1, 0.15) is 6.10 Å². The van der Waals surface area contributed by atoms with E-state index < -0.39 is 6.10 Å². The fraction of sp³-hybridized carbons (Fsp3) is 0.524. The van der Waals surface area contributed by atoms with Crippen molar-refractivity contribution in [3.05, 3.63) is 48.3 Å². The van der Waals surface area contributed by atoms with Crippen LogP contribution in [0, 0.1) is 6.92 Å². The molecule has 0 bridgehead atoms. The van der Waals surface area contributed by atoms with Gasteiger partial charge in [0, 0.05) is 37.2 Å². The van der Waals surface area contributed by atoms with Crippen LogP contribution in [0.5, 0.6) is 0 Å². The maximum atomic E-state index is 12.7. The van der Waals surface area contributed by atoms with Gasteiger partial charge in [-0.05, 0) is 44.9 Å². The van der Waals surface area contributed by atoms with Gasteiger partial charge in [-0.3, -0.25) is 9.48 Å². The fourth-order valence-corrected chi connectivity index (χ4v) is 4.20. The van der Waals surface area contributed by atoms with E-state index in [4.69, 9.17) is 4.74 Å². The summed E-state index contributed by atoms with van der Waals surface area (Å²) in [4.78, 5) is 17.1. The highest BCUT2D eigenvalue weighted by atomic mass is 16.5. The molecule has 0 N–H and O–H groups in total. The number of likely N-dealkylation sites (tertiary alicyclic amines) is 1. The van der Waals surface area contributed by atoms with E-state index in [9.17, 15) is 4.79 Å². The van der Waals surface area contributed by atoms with Gasteiger partial charge in [0.15, 0.2) is 0 Å². The molecule has 144 valence electrons. The Kier molecular flexibility index (Phi) is 5.02. The van der Waals surface area contributed by atoms with Crippen molar-refractivity contribution in [2.45, 2.75) is 44.9 Å². The zero-order valence-electron chi connectivity index (χ0n) is 16.2. The van der Waals surface area contributed by atoms with Gasteiger partial charge in [-0.15, -0.1) is 0 Å². The molecule has 3 heterocycles. The van der Waals surface area contributed by atoms with E-state index in [0.717, 1.165) is 44.7 Å². The molecule has 1 atom stereocenters. The Labute approximate surface area is 160 Å². The van der Waals surface area contributed by atoms with Crippen molar-refractivity contribution >= 4 is 11.6 Å². The number of carbonyl (C=O) groups excluding carboxylic acids is 1. The molecule has 1 amide bonds. The van der Waals surface area contributed by atoms with Gasteiger partial charge in [0.25, 0.3) is 5.91 Å². The largest absolute Gasteiger partial charge is 0.360 e.